The molecule has 24 heavy (non-hydrogen) atoms. The number of anilines is 1. The van der Waals surface area contributed by atoms with Crippen molar-refractivity contribution in [2.75, 3.05) is 11.9 Å². The van der Waals surface area contributed by atoms with Crippen LogP contribution in [-0.2, 0) is 0 Å². The molecule has 118 valence electrons. The first-order chi connectivity index (χ1) is 11.7. The molecule has 0 unspecified atom stereocenters. The standard InChI is InChI=1S/C22H20N2/c1-17-15-21(9-12-23(17)2)19-10-13-24(14-11-19)22-8-7-18-5-3-4-6-20(18)16-22/h3-16H,1-2H3. The van der Waals surface area contributed by atoms with Crippen molar-refractivity contribution in [3.8, 4) is 0 Å². The first-order valence-electron chi connectivity index (χ1n) is 8.18. The van der Waals surface area contributed by atoms with E-state index in [1.54, 1.807) is 0 Å². The third-order valence-corrected chi connectivity index (χ3v) is 4.59. The molecule has 2 aliphatic heterocycles. The van der Waals surface area contributed by atoms with Crippen LogP contribution in [0.5, 0.6) is 0 Å². The maximum absolute atomic E-state index is 2.22. The van der Waals surface area contributed by atoms with Gasteiger partial charge in [0.1, 0.15) is 0 Å². The predicted octanol–water partition coefficient (Wildman–Crippen LogP) is 5.35. The molecule has 0 atom stereocenters. The summed E-state index contributed by atoms with van der Waals surface area (Å²) in [6.45, 7) is 2.13. The van der Waals surface area contributed by atoms with E-state index < -0.39 is 0 Å². The van der Waals surface area contributed by atoms with Crippen LogP contribution in [-0.4, -0.2) is 11.9 Å². The highest BCUT2D eigenvalue weighted by atomic mass is 15.1. The lowest BCUT2D eigenvalue weighted by Crippen LogP contribution is -2.12. The van der Waals surface area contributed by atoms with E-state index in [0.717, 1.165) is 0 Å². The Bertz CT molecular complexity index is 925. The van der Waals surface area contributed by atoms with Gasteiger partial charge in [0.2, 0.25) is 0 Å². The molecule has 0 N–H and O–H groups in total. The van der Waals surface area contributed by atoms with Crippen LogP contribution in [0.25, 0.3) is 10.8 Å². The lowest BCUT2D eigenvalue weighted by Gasteiger charge is -2.22. The molecular formula is C22H20N2. The van der Waals surface area contributed by atoms with Crippen molar-refractivity contribution in [3.63, 3.8) is 0 Å². The van der Waals surface area contributed by atoms with Crippen molar-refractivity contribution in [3.05, 3.63) is 102 Å². The van der Waals surface area contributed by atoms with Crippen LogP contribution in [0.2, 0.25) is 0 Å². The van der Waals surface area contributed by atoms with Gasteiger partial charge < -0.3 is 9.80 Å². The third-order valence-electron chi connectivity index (χ3n) is 4.59. The summed E-state index contributed by atoms with van der Waals surface area (Å²) in [7, 11) is 2.07. The fourth-order valence-corrected chi connectivity index (χ4v) is 2.99. The van der Waals surface area contributed by atoms with E-state index in [2.05, 4.69) is 109 Å². The predicted molar refractivity (Wildman–Crippen MR) is 102 cm³/mol. The summed E-state index contributed by atoms with van der Waals surface area (Å²) in [5.74, 6) is 0. The summed E-state index contributed by atoms with van der Waals surface area (Å²) in [6, 6.07) is 15.0. The minimum atomic E-state index is 1.18. The molecule has 2 aromatic carbocycles. The van der Waals surface area contributed by atoms with E-state index in [-0.39, 0.29) is 0 Å². The zero-order valence-electron chi connectivity index (χ0n) is 14.0. The van der Waals surface area contributed by atoms with Gasteiger partial charge in [-0.05, 0) is 65.3 Å². The van der Waals surface area contributed by atoms with Crippen molar-refractivity contribution in [2.45, 2.75) is 6.92 Å². The van der Waals surface area contributed by atoms with Crippen LogP contribution in [0.3, 0.4) is 0 Å². The van der Waals surface area contributed by atoms with Crippen molar-refractivity contribution in [2.24, 2.45) is 0 Å². The van der Waals surface area contributed by atoms with E-state index in [9.17, 15) is 0 Å². The molecule has 0 aliphatic carbocycles. The molecule has 0 spiro atoms. The van der Waals surface area contributed by atoms with Crippen LogP contribution in [0.15, 0.2) is 102 Å². The molecule has 2 heterocycles. The Hall–Kier alpha value is -3.00. The number of hydrogen-bond donors (Lipinski definition) is 0. The second-order valence-electron chi connectivity index (χ2n) is 6.19. The Morgan fingerprint density at radius 1 is 0.750 bits per heavy atom. The lowest BCUT2D eigenvalue weighted by molar-refractivity contribution is 0.564. The largest absolute Gasteiger partial charge is 0.355 e. The number of hydrogen-bond acceptors (Lipinski definition) is 2. The first-order valence-corrected chi connectivity index (χ1v) is 8.18. The van der Waals surface area contributed by atoms with Crippen LogP contribution in [0.1, 0.15) is 6.92 Å². The van der Waals surface area contributed by atoms with Gasteiger partial charge in [-0.1, -0.05) is 30.3 Å². The monoisotopic (exact) mass is 312 g/mol. The van der Waals surface area contributed by atoms with E-state index in [4.69, 9.17) is 0 Å². The van der Waals surface area contributed by atoms with Gasteiger partial charge in [0.25, 0.3) is 0 Å². The average molecular weight is 312 g/mol. The quantitative estimate of drug-likeness (QED) is 0.700. The molecule has 0 amide bonds. The zero-order valence-corrected chi connectivity index (χ0v) is 14.0. The van der Waals surface area contributed by atoms with Gasteiger partial charge in [0, 0.05) is 37.0 Å². The highest BCUT2D eigenvalue weighted by molar-refractivity contribution is 5.86. The van der Waals surface area contributed by atoms with Gasteiger partial charge in [0.15, 0.2) is 0 Å². The van der Waals surface area contributed by atoms with Gasteiger partial charge in [-0.15, -0.1) is 0 Å². The highest BCUT2D eigenvalue weighted by Gasteiger charge is 2.09. The van der Waals surface area contributed by atoms with Gasteiger partial charge >= 0.3 is 0 Å². The summed E-state index contributed by atoms with van der Waals surface area (Å²) >= 11 is 0. The number of fused-ring (bicyclic) bond motifs is 1. The van der Waals surface area contributed by atoms with Crippen LogP contribution < -0.4 is 4.90 Å². The van der Waals surface area contributed by atoms with Crippen molar-refractivity contribution in [1.29, 1.82) is 0 Å². The second kappa shape index (κ2) is 5.89. The van der Waals surface area contributed by atoms with Crippen molar-refractivity contribution < 1.29 is 0 Å². The summed E-state index contributed by atoms with van der Waals surface area (Å²) < 4.78 is 0. The smallest absolute Gasteiger partial charge is 0.0455 e. The molecule has 0 saturated carbocycles. The Labute approximate surface area is 143 Å². The maximum atomic E-state index is 2.22. The Kier molecular flexibility index (Phi) is 3.58. The Morgan fingerprint density at radius 3 is 2.21 bits per heavy atom. The van der Waals surface area contributed by atoms with E-state index in [1.165, 1.54) is 33.3 Å². The molecule has 0 aromatic heterocycles. The molecule has 0 saturated heterocycles. The fraction of sp³-hybridized carbons (Fsp3) is 0.0909. The van der Waals surface area contributed by atoms with Gasteiger partial charge in [-0.25, -0.2) is 0 Å². The lowest BCUT2D eigenvalue weighted by atomic mass is 10.0. The molecular weight excluding hydrogens is 292 g/mol. The second-order valence-corrected chi connectivity index (χ2v) is 6.19. The number of allylic oxidation sites excluding steroid dienone is 7. The number of benzene rings is 2. The Morgan fingerprint density at radius 2 is 1.46 bits per heavy atom. The molecule has 0 radical (unpaired) electrons. The SMILES string of the molecule is CC1=CC(=C2C=CN(c3ccc4ccccc4c3)C=C2)C=CN1C. The topological polar surface area (TPSA) is 6.48 Å². The van der Waals surface area contributed by atoms with Gasteiger partial charge in [-0.2, -0.15) is 0 Å². The summed E-state index contributed by atoms with van der Waals surface area (Å²) in [5.41, 5.74) is 4.90. The van der Waals surface area contributed by atoms with Crippen molar-refractivity contribution >= 4 is 16.5 Å². The molecule has 0 fully saturated rings. The Balaban J connectivity index is 1.63. The normalized spacial score (nSPS) is 17.0. The van der Waals surface area contributed by atoms with Gasteiger partial charge in [0.05, 0.1) is 0 Å². The number of rotatable bonds is 1. The zero-order chi connectivity index (χ0) is 16.5. The minimum Gasteiger partial charge on any atom is -0.355 e. The summed E-state index contributed by atoms with van der Waals surface area (Å²) in [5, 5.41) is 2.53. The first kappa shape index (κ1) is 14.6. The summed E-state index contributed by atoms with van der Waals surface area (Å²) in [6.07, 6.45) is 15.1. The minimum absolute atomic E-state index is 1.18. The van der Waals surface area contributed by atoms with Crippen LogP contribution >= 0.6 is 0 Å². The van der Waals surface area contributed by atoms with E-state index >= 15 is 0 Å². The third kappa shape index (κ3) is 2.67. The molecule has 2 aliphatic rings. The molecule has 4 rings (SSSR count). The summed E-state index contributed by atoms with van der Waals surface area (Å²) in [4.78, 5) is 4.29. The molecule has 0 bridgehead atoms. The van der Waals surface area contributed by atoms with E-state index in [0.29, 0.717) is 0 Å². The molecule has 2 heteroatoms. The highest BCUT2D eigenvalue weighted by Crippen LogP contribution is 2.27. The van der Waals surface area contributed by atoms with Gasteiger partial charge in [-0.3, -0.25) is 0 Å². The van der Waals surface area contributed by atoms with Crippen LogP contribution in [0, 0.1) is 0 Å². The molecule has 2 aromatic rings. The number of nitrogens with zero attached hydrogens (tertiary/aromatic N) is 2. The van der Waals surface area contributed by atoms with Crippen LogP contribution in [0.4, 0.5) is 5.69 Å². The van der Waals surface area contributed by atoms with E-state index in [1.807, 2.05) is 0 Å². The maximum Gasteiger partial charge on any atom is 0.0455 e. The fourth-order valence-electron chi connectivity index (χ4n) is 2.99. The average Bonchev–Trinajstić information content (AvgIpc) is 2.64. The van der Waals surface area contributed by atoms with Crippen molar-refractivity contribution in [1.82, 2.24) is 4.90 Å². The molecule has 2 nitrogen and oxygen atoms in total.